The summed E-state index contributed by atoms with van der Waals surface area (Å²) in [5, 5.41) is 18.0. The van der Waals surface area contributed by atoms with Crippen LogP contribution in [0.4, 0.5) is 0 Å². The van der Waals surface area contributed by atoms with Crippen LogP contribution in [-0.2, 0) is 0 Å². The first kappa shape index (κ1) is 12.4. The van der Waals surface area contributed by atoms with Crippen molar-refractivity contribution in [2.75, 3.05) is 0 Å². The van der Waals surface area contributed by atoms with Crippen molar-refractivity contribution in [2.24, 2.45) is 0 Å². The smallest absolute Gasteiger partial charge is 0.359 e. The molecule has 0 spiro atoms. The van der Waals surface area contributed by atoms with Crippen molar-refractivity contribution >= 4 is 28.6 Å². The fourth-order valence-electron chi connectivity index (χ4n) is 1.20. The molecule has 0 atom stereocenters. The molecule has 1 aromatic heterocycles. The maximum absolute atomic E-state index is 10.8. The van der Waals surface area contributed by atoms with Gasteiger partial charge in [-0.2, -0.15) is 0 Å². The molecule has 0 aliphatic rings. The number of aromatic amines is 1. The van der Waals surface area contributed by atoms with E-state index in [2.05, 4.69) is 25.3 Å². The Morgan fingerprint density at radius 1 is 1.39 bits per heavy atom. The van der Waals surface area contributed by atoms with Crippen molar-refractivity contribution in [1.82, 2.24) is 15.4 Å². The van der Waals surface area contributed by atoms with Gasteiger partial charge in [-0.3, -0.25) is 0 Å². The predicted molar refractivity (Wildman–Crippen MR) is 70.8 cm³/mol. The minimum Gasteiger partial charge on any atom is -0.476 e. The van der Waals surface area contributed by atoms with E-state index in [-0.39, 0.29) is 11.6 Å². The number of hydrogen-bond donors (Lipinski definition) is 2. The van der Waals surface area contributed by atoms with Gasteiger partial charge in [0.2, 0.25) is 5.69 Å². The number of rotatable bonds is 3. The van der Waals surface area contributed by atoms with E-state index in [1.807, 2.05) is 22.6 Å². The van der Waals surface area contributed by atoms with E-state index in [1.165, 1.54) is 0 Å². The number of ether oxygens (including phenoxy) is 1. The number of carbonyl (C=O) groups is 1. The van der Waals surface area contributed by atoms with Gasteiger partial charge in [0, 0.05) is 28.2 Å². The van der Waals surface area contributed by atoms with Gasteiger partial charge in [0.1, 0.15) is 5.75 Å². The number of H-pyrrole nitrogens is 1. The molecule has 2 N–H and O–H groups in total. The summed E-state index contributed by atoms with van der Waals surface area (Å²) in [6.07, 6.45) is 0. The van der Waals surface area contributed by atoms with Gasteiger partial charge in [0.25, 0.3) is 5.88 Å². The highest BCUT2D eigenvalue weighted by Crippen LogP contribution is 2.21. The molecule has 0 unspecified atom stereocenters. The van der Waals surface area contributed by atoms with Gasteiger partial charge in [0.05, 0.1) is 0 Å². The van der Waals surface area contributed by atoms with Gasteiger partial charge < -0.3 is 9.84 Å². The molecule has 0 saturated heterocycles. The second-order valence-electron chi connectivity index (χ2n) is 3.14. The SMILES string of the molecule is O=C(O)c1[nH]nnc1Oc1ccc(C#CI)cc1. The van der Waals surface area contributed by atoms with Crippen molar-refractivity contribution in [3.8, 4) is 21.5 Å². The zero-order valence-corrected chi connectivity index (χ0v) is 11.0. The van der Waals surface area contributed by atoms with Gasteiger partial charge in [-0.25, -0.2) is 9.89 Å². The Labute approximate surface area is 115 Å². The molecule has 2 rings (SSSR count). The molecule has 90 valence electrons. The molecule has 0 radical (unpaired) electrons. The summed E-state index contributed by atoms with van der Waals surface area (Å²) in [5.41, 5.74) is 0.654. The molecule has 1 heterocycles. The predicted octanol–water partition coefficient (Wildman–Crippen LogP) is 2.04. The van der Waals surface area contributed by atoms with E-state index in [1.54, 1.807) is 24.3 Å². The normalized spacial score (nSPS) is 9.39. The minimum atomic E-state index is -1.18. The van der Waals surface area contributed by atoms with Gasteiger partial charge in [0.15, 0.2) is 0 Å². The van der Waals surface area contributed by atoms with Crippen LogP contribution in [0.2, 0.25) is 0 Å². The molecule has 0 bridgehead atoms. The molecule has 0 aliphatic heterocycles. The van der Waals surface area contributed by atoms with Crippen LogP contribution in [0.25, 0.3) is 0 Å². The standard InChI is InChI=1S/C11H6IN3O3/c12-6-5-7-1-3-8(4-2-7)18-10-9(11(16)17)13-15-14-10/h1-4H,(H,16,17)(H,13,14,15). The monoisotopic (exact) mass is 355 g/mol. The molecular weight excluding hydrogens is 349 g/mol. The molecular formula is C11H6IN3O3. The zero-order valence-electron chi connectivity index (χ0n) is 8.85. The average molecular weight is 355 g/mol. The minimum absolute atomic E-state index is 0.0739. The first-order chi connectivity index (χ1) is 8.70. The fourth-order valence-corrected chi connectivity index (χ4v) is 1.51. The Hall–Kier alpha value is -2.08. The maximum atomic E-state index is 10.8. The zero-order chi connectivity index (χ0) is 13.0. The molecule has 6 nitrogen and oxygen atoms in total. The number of carboxylic acids is 1. The molecule has 0 fully saturated rings. The Morgan fingerprint density at radius 3 is 2.72 bits per heavy atom. The Balaban J connectivity index is 2.20. The maximum Gasteiger partial charge on any atom is 0.359 e. The van der Waals surface area contributed by atoms with Crippen LogP contribution in [0.5, 0.6) is 11.6 Å². The Morgan fingerprint density at radius 2 is 2.11 bits per heavy atom. The van der Waals surface area contributed by atoms with Crippen LogP contribution in [0.1, 0.15) is 16.1 Å². The van der Waals surface area contributed by atoms with Crippen molar-refractivity contribution in [1.29, 1.82) is 0 Å². The lowest BCUT2D eigenvalue weighted by Crippen LogP contribution is -1.99. The van der Waals surface area contributed by atoms with Crippen LogP contribution in [0, 0.1) is 9.85 Å². The van der Waals surface area contributed by atoms with E-state index in [0.29, 0.717) is 5.75 Å². The third-order valence-electron chi connectivity index (χ3n) is 1.99. The van der Waals surface area contributed by atoms with Crippen molar-refractivity contribution in [3.63, 3.8) is 0 Å². The van der Waals surface area contributed by atoms with E-state index in [4.69, 9.17) is 9.84 Å². The second-order valence-corrected chi connectivity index (χ2v) is 3.68. The lowest BCUT2D eigenvalue weighted by atomic mass is 10.2. The van der Waals surface area contributed by atoms with Gasteiger partial charge in [-0.1, -0.05) is 16.2 Å². The highest BCUT2D eigenvalue weighted by atomic mass is 127. The van der Waals surface area contributed by atoms with Gasteiger partial charge in [-0.05, 0) is 28.2 Å². The number of benzene rings is 1. The Kier molecular flexibility index (Phi) is 3.78. The summed E-state index contributed by atoms with van der Waals surface area (Å²) >= 11 is 1.95. The average Bonchev–Trinajstić information content (AvgIpc) is 2.80. The van der Waals surface area contributed by atoms with Crippen molar-refractivity contribution < 1.29 is 14.6 Å². The van der Waals surface area contributed by atoms with E-state index < -0.39 is 5.97 Å². The Bertz CT molecular complexity index is 625. The quantitative estimate of drug-likeness (QED) is 0.650. The first-order valence-electron chi connectivity index (χ1n) is 4.74. The van der Waals surface area contributed by atoms with Crippen LogP contribution in [0.15, 0.2) is 24.3 Å². The van der Waals surface area contributed by atoms with Crippen LogP contribution < -0.4 is 4.74 Å². The van der Waals surface area contributed by atoms with Crippen molar-refractivity contribution in [3.05, 3.63) is 35.5 Å². The molecule has 7 heteroatoms. The van der Waals surface area contributed by atoms with Crippen molar-refractivity contribution in [2.45, 2.75) is 0 Å². The summed E-state index contributed by atoms with van der Waals surface area (Å²) in [7, 11) is 0. The number of nitrogens with zero attached hydrogens (tertiary/aromatic N) is 2. The van der Waals surface area contributed by atoms with E-state index in [0.717, 1.165) is 5.56 Å². The van der Waals surface area contributed by atoms with Gasteiger partial charge in [-0.15, -0.1) is 0 Å². The largest absolute Gasteiger partial charge is 0.476 e. The number of aromatic carboxylic acids is 1. The van der Waals surface area contributed by atoms with Crippen LogP contribution in [-0.4, -0.2) is 26.5 Å². The second kappa shape index (κ2) is 5.50. The summed E-state index contributed by atoms with van der Waals surface area (Å²) in [6, 6.07) is 6.89. The molecule has 18 heavy (non-hydrogen) atoms. The number of hydrogen-bond acceptors (Lipinski definition) is 4. The molecule has 0 amide bonds. The summed E-state index contributed by atoms with van der Waals surface area (Å²) < 4.78 is 8.06. The summed E-state index contributed by atoms with van der Waals surface area (Å²) in [5.74, 6) is 2.09. The number of halogens is 1. The molecule has 0 saturated carbocycles. The number of carboxylic acid groups (broad SMARTS) is 1. The summed E-state index contributed by atoms with van der Waals surface area (Å²) in [4.78, 5) is 10.8. The third kappa shape index (κ3) is 2.78. The third-order valence-corrected chi connectivity index (χ3v) is 2.26. The van der Waals surface area contributed by atoms with E-state index in [9.17, 15) is 4.79 Å². The summed E-state index contributed by atoms with van der Waals surface area (Å²) in [6.45, 7) is 0. The number of aromatic nitrogens is 3. The van der Waals surface area contributed by atoms with Crippen LogP contribution >= 0.6 is 22.6 Å². The molecule has 1 aromatic carbocycles. The van der Waals surface area contributed by atoms with E-state index >= 15 is 0 Å². The first-order valence-corrected chi connectivity index (χ1v) is 5.82. The number of nitrogens with one attached hydrogen (secondary N) is 1. The van der Waals surface area contributed by atoms with Gasteiger partial charge >= 0.3 is 5.97 Å². The fraction of sp³-hybridized carbons (Fsp3) is 0. The molecule has 2 aromatic rings. The molecule has 0 aliphatic carbocycles. The topological polar surface area (TPSA) is 88.1 Å². The highest BCUT2D eigenvalue weighted by molar-refractivity contribution is 14.1. The highest BCUT2D eigenvalue weighted by Gasteiger charge is 2.16. The lowest BCUT2D eigenvalue weighted by molar-refractivity contribution is 0.0687. The lowest BCUT2D eigenvalue weighted by Gasteiger charge is -2.02. The van der Waals surface area contributed by atoms with Crippen LogP contribution in [0.3, 0.4) is 0 Å².